The van der Waals surface area contributed by atoms with Gasteiger partial charge in [0.2, 0.25) is 0 Å². The van der Waals surface area contributed by atoms with Gasteiger partial charge in [0.25, 0.3) is 0 Å². The van der Waals surface area contributed by atoms with Crippen LogP contribution in [0.3, 0.4) is 0 Å². The summed E-state index contributed by atoms with van der Waals surface area (Å²) in [6.45, 7) is 4.50. The lowest BCUT2D eigenvalue weighted by molar-refractivity contribution is 0.798. The molecular formula is C12H18. The summed E-state index contributed by atoms with van der Waals surface area (Å²) in [4.78, 5) is 0. The van der Waals surface area contributed by atoms with Gasteiger partial charge in [-0.15, -0.1) is 0 Å². The van der Waals surface area contributed by atoms with Crippen LogP contribution >= 0.6 is 0 Å². The molecule has 0 saturated heterocycles. The summed E-state index contributed by atoms with van der Waals surface area (Å²) in [7, 11) is 0. The van der Waals surface area contributed by atoms with Crippen molar-refractivity contribution >= 4 is 0 Å². The Labute approximate surface area is 75.7 Å². The van der Waals surface area contributed by atoms with E-state index in [9.17, 15) is 0 Å². The molecule has 0 fully saturated rings. The van der Waals surface area contributed by atoms with E-state index in [0.717, 1.165) is 0 Å². The van der Waals surface area contributed by atoms with E-state index in [1.807, 2.05) is 0 Å². The Balaban J connectivity index is 2.68. The summed E-state index contributed by atoms with van der Waals surface area (Å²) >= 11 is 0. The highest BCUT2D eigenvalue weighted by molar-refractivity contribution is 5.43. The summed E-state index contributed by atoms with van der Waals surface area (Å²) in [5.41, 5.74) is 3.09. The van der Waals surface area contributed by atoms with Gasteiger partial charge in [0.15, 0.2) is 0 Å². The van der Waals surface area contributed by atoms with Crippen molar-refractivity contribution in [1.82, 2.24) is 0 Å². The standard InChI is InChI=1S/C12H18/c1-3-7-11(8-4-2)12-9-5-6-10-12/h5-6,9-10H,3-4,7-8H2,1-2H3. The van der Waals surface area contributed by atoms with Crippen molar-refractivity contribution in [3.8, 4) is 0 Å². The highest BCUT2D eigenvalue weighted by Crippen LogP contribution is 2.21. The van der Waals surface area contributed by atoms with Crippen LogP contribution in [0, 0.1) is 0 Å². The van der Waals surface area contributed by atoms with Gasteiger partial charge in [0, 0.05) is 0 Å². The average molecular weight is 162 g/mol. The van der Waals surface area contributed by atoms with Crippen molar-refractivity contribution in [3.63, 3.8) is 0 Å². The van der Waals surface area contributed by atoms with E-state index < -0.39 is 0 Å². The molecule has 0 aromatic rings. The van der Waals surface area contributed by atoms with E-state index in [-0.39, 0.29) is 0 Å². The van der Waals surface area contributed by atoms with Crippen molar-refractivity contribution in [1.29, 1.82) is 0 Å². The lowest BCUT2D eigenvalue weighted by Crippen LogP contribution is -1.86. The first-order valence-electron chi connectivity index (χ1n) is 4.95. The van der Waals surface area contributed by atoms with Crippen molar-refractivity contribution in [3.05, 3.63) is 35.5 Å². The minimum absolute atomic E-state index is 1.26. The predicted molar refractivity (Wildman–Crippen MR) is 55.1 cm³/mol. The summed E-state index contributed by atoms with van der Waals surface area (Å²) < 4.78 is 0. The molecule has 0 unspecified atom stereocenters. The van der Waals surface area contributed by atoms with E-state index >= 15 is 0 Å². The van der Waals surface area contributed by atoms with Gasteiger partial charge < -0.3 is 0 Å². The molecule has 66 valence electrons. The molecular weight excluding hydrogens is 144 g/mol. The summed E-state index contributed by atoms with van der Waals surface area (Å²) in [6.07, 6.45) is 13.7. The van der Waals surface area contributed by atoms with Crippen molar-refractivity contribution in [2.75, 3.05) is 0 Å². The second-order valence-corrected chi connectivity index (χ2v) is 3.28. The van der Waals surface area contributed by atoms with E-state index in [1.165, 1.54) is 31.3 Å². The minimum atomic E-state index is 1.26. The van der Waals surface area contributed by atoms with E-state index in [0.29, 0.717) is 0 Å². The third kappa shape index (κ3) is 2.37. The molecule has 0 atom stereocenters. The molecule has 0 aromatic heterocycles. The average Bonchev–Trinajstić information content (AvgIpc) is 2.56. The van der Waals surface area contributed by atoms with Gasteiger partial charge in [-0.25, -0.2) is 0 Å². The van der Waals surface area contributed by atoms with Crippen LogP contribution in [0.5, 0.6) is 0 Å². The maximum atomic E-state index is 2.25. The lowest BCUT2D eigenvalue weighted by atomic mass is 10.00. The third-order valence-electron chi connectivity index (χ3n) is 2.17. The second kappa shape index (κ2) is 4.97. The van der Waals surface area contributed by atoms with Crippen LogP contribution in [0.15, 0.2) is 35.5 Å². The molecule has 0 saturated carbocycles. The van der Waals surface area contributed by atoms with Gasteiger partial charge in [-0.2, -0.15) is 0 Å². The molecule has 1 aliphatic carbocycles. The fraction of sp³-hybridized carbons (Fsp3) is 0.500. The highest BCUT2D eigenvalue weighted by atomic mass is 14.1. The Morgan fingerprint density at radius 3 is 1.92 bits per heavy atom. The predicted octanol–water partition coefficient (Wildman–Crippen LogP) is 4.01. The van der Waals surface area contributed by atoms with Crippen LogP contribution < -0.4 is 0 Å². The quantitative estimate of drug-likeness (QED) is 0.586. The van der Waals surface area contributed by atoms with Crippen LogP contribution in [-0.2, 0) is 0 Å². The SMILES string of the molecule is CCCC(CCC)=C1C=CC=C1. The van der Waals surface area contributed by atoms with Gasteiger partial charge in [-0.3, -0.25) is 0 Å². The molecule has 1 rings (SSSR count). The van der Waals surface area contributed by atoms with Crippen LogP contribution in [0.25, 0.3) is 0 Å². The summed E-state index contributed by atoms with van der Waals surface area (Å²) in [5.74, 6) is 0. The van der Waals surface area contributed by atoms with E-state index in [1.54, 1.807) is 5.57 Å². The second-order valence-electron chi connectivity index (χ2n) is 3.28. The molecule has 12 heavy (non-hydrogen) atoms. The Morgan fingerprint density at radius 2 is 1.50 bits per heavy atom. The van der Waals surface area contributed by atoms with Crippen LogP contribution in [0.1, 0.15) is 39.5 Å². The van der Waals surface area contributed by atoms with Crippen LogP contribution in [0.4, 0.5) is 0 Å². The zero-order chi connectivity index (χ0) is 8.81. The molecule has 0 N–H and O–H groups in total. The minimum Gasteiger partial charge on any atom is -0.0651 e. The van der Waals surface area contributed by atoms with Gasteiger partial charge in [0.1, 0.15) is 0 Å². The van der Waals surface area contributed by atoms with Gasteiger partial charge >= 0.3 is 0 Å². The first kappa shape index (κ1) is 9.31. The molecule has 1 aliphatic rings. The first-order valence-corrected chi connectivity index (χ1v) is 4.95. The molecule has 0 heterocycles. The largest absolute Gasteiger partial charge is 0.0651 e. The zero-order valence-corrected chi connectivity index (χ0v) is 8.14. The van der Waals surface area contributed by atoms with E-state index in [4.69, 9.17) is 0 Å². The third-order valence-corrected chi connectivity index (χ3v) is 2.17. The maximum Gasteiger partial charge on any atom is -0.0265 e. The molecule has 0 bridgehead atoms. The summed E-state index contributed by atoms with van der Waals surface area (Å²) in [6, 6.07) is 0. The molecule has 0 spiro atoms. The molecule has 0 aromatic carbocycles. The normalized spacial score (nSPS) is 14.3. The van der Waals surface area contributed by atoms with E-state index in [2.05, 4.69) is 38.2 Å². The number of rotatable bonds is 4. The Kier molecular flexibility index (Phi) is 3.86. The number of hydrogen-bond donors (Lipinski definition) is 0. The molecule has 0 amide bonds. The Bertz CT molecular complexity index is 194. The van der Waals surface area contributed by atoms with Crippen LogP contribution in [-0.4, -0.2) is 0 Å². The van der Waals surface area contributed by atoms with Gasteiger partial charge in [0.05, 0.1) is 0 Å². The smallest absolute Gasteiger partial charge is 0.0265 e. The molecule has 0 heteroatoms. The van der Waals surface area contributed by atoms with Crippen molar-refractivity contribution in [2.24, 2.45) is 0 Å². The molecule has 0 radical (unpaired) electrons. The fourth-order valence-corrected chi connectivity index (χ4v) is 1.63. The molecule has 0 aliphatic heterocycles. The highest BCUT2D eigenvalue weighted by Gasteiger charge is 2.01. The first-order chi connectivity index (χ1) is 5.88. The summed E-state index contributed by atoms with van der Waals surface area (Å²) in [5, 5.41) is 0. The Morgan fingerprint density at radius 1 is 1.00 bits per heavy atom. The van der Waals surface area contributed by atoms with Gasteiger partial charge in [-0.05, 0) is 18.4 Å². The monoisotopic (exact) mass is 162 g/mol. The Hall–Kier alpha value is -0.780. The zero-order valence-electron chi connectivity index (χ0n) is 8.14. The van der Waals surface area contributed by atoms with Crippen molar-refractivity contribution in [2.45, 2.75) is 39.5 Å². The topological polar surface area (TPSA) is 0 Å². The maximum absolute atomic E-state index is 2.25. The van der Waals surface area contributed by atoms with Gasteiger partial charge in [-0.1, -0.05) is 56.6 Å². The molecule has 0 nitrogen and oxygen atoms in total. The lowest BCUT2D eigenvalue weighted by Gasteiger charge is -2.06. The number of hydrogen-bond acceptors (Lipinski definition) is 0. The number of allylic oxidation sites excluding steroid dienone is 6. The van der Waals surface area contributed by atoms with Crippen LogP contribution in [0.2, 0.25) is 0 Å². The fourth-order valence-electron chi connectivity index (χ4n) is 1.63. The van der Waals surface area contributed by atoms with Crippen molar-refractivity contribution < 1.29 is 0 Å².